The predicted molar refractivity (Wildman–Crippen MR) is 92.7 cm³/mol. The number of rotatable bonds is 3. The van der Waals surface area contributed by atoms with Crippen molar-refractivity contribution in [2.45, 2.75) is 24.0 Å². The number of carbonyl (C=O) groups is 1. The van der Waals surface area contributed by atoms with Crippen LogP contribution in [0.3, 0.4) is 0 Å². The molecule has 2 N–H and O–H groups in total. The summed E-state index contributed by atoms with van der Waals surface area (Å²) < 4.78 is 64.8. The van der Waals surface area contributed by atoms with Crippen LogP contribution < -0.4 is 5.73 Å². The topological polar surface area (TPSA) is 83.7 Å². The fourth-order valence-electron chi connectivity index (χ4n) is 2.45. The van der Waals surface area contributed by atoms with E-state index in [1.807, 2.05) is 0 Å². The highest BCUT2D eigenvalue weighted by Crippen LogP contribution is 2.34. The van der Waals surface area contributed by atoms with Crippen LogP contribution in [-0.2, 0) is 21.0 Å². The second-order valence-corrected chi connectivity index (χ2v) is 7.97. The van der Waals surface area contributed by atoms with Crippen LogP contribution in [0.2, 0.25) is 5.02 Å². The third kappa shape index (κ3) is 4.80. The lowest BCUT2D eigenvalue weighted by Gasteiger charge is -2.35. The number of benzene rings is 1. The maximum Gasteiger partial charge on any atom is 0.416 e. The molecular formula is C14H18Cl2F3N3O3S. The van der Waals surface area contributed by atoms with Gasteiger partial charge in [0.1, 0.15) is 4.90 Å². The van der Waals surface area contributed by atoms with Crippen molar-refractivity contribution in [3.63, 3.8) is 0 Å². The Morgan fingerprint density at radius 2 is 1.77 bits per heavy atom. The number of piperazine rings is 1. The number of sulfonamides is 1. The van der Waals surface area contributed by atoms with Crippen LogP contribution in [-0.4, -0.2) is 55.8 Å². The number of hydrogen-bond acceptors (Lipinski definition) is 4. The summed E-state index contributed by atoms with van der Waals surface area (Å²) in [4.78, 5) is 12.6. The van der Waals surface area contributed by atoms with Crippen molar-refractivity contribution in [1.82, 2.24) is 9.21 Å². The lowest BCUT2D eigenvalue weighted by molar-refractivity contribution is -0.137. The molecule has 0 radical (unpaired) electrons. The van der Waals surface area contributed by atoms with Crippen molar-refractivity contribution >= 4 is 39.9 Å². The van der Waals surface area contributed by atoms with E-state index in [1.54, 1.807) is 0 Å². The summed E-state index contributed by atoms with van der Waals surface area (Å²) in [5.74, 6) is -0.311. The number of hydrogen-bond donors (Lipinski definition) is 1. The highest BCUT2D eigenvalue weighted by molar-refractivity contribution is 7.89. The van der Waals surface area contributed by atoms with Crippen LogP contribution in [0.4, 0.5) is 13.2 Å². The van der Waals surface area contributed by atoms with E-state index in [2.05, 4.69) is 0 Å². The molecule has 1 amide bonds. The average molecular weight is 436 g/mol. The number of halogens is 5. The van der Waals surface area contributed by atoms with E-state index in [4.69, 9.17) is 17.3 Å². The van der Waals surface area contributed by atoms with Gasteiger partial charge in [-0.3, -0.25) is 4.79 Å². The second-order valence-electron chi connectivity index (χ2n) is 5.66. The molecule has 12 heteroatoms. The summed E-state index contributed by atoms with van der Waals surface area (Å²) in [5.41, 5.74) is 4.41. The quantitative estimate of drug-likeness (QED) is 0.786. The van der Waals surface area contributed by atoms with Gasteiger partial charge in [-0.15, -0.1) is 12.4 Å². The summed E-state index contributed by atoms with van der Waals surface area (Å²) in [7, 11) is -4.21. The fourth-order valence-corrected chi connectivity index (χ4v) is 4.38. The molecule has 1 aromatic rings. The summed E-state index contributed by atoms with van der Waals surface area (Å²) in [6.45, 7) is 1.64. The van der Waals surface area contributed by atoms with E-state index in [0.717, 1.165) is 16.4 Å². The van der Waals surface area contributed by atoms with E-state index < -0.39 is 32.7 Å². The van der Waals surface area contributed by atoms with Crippen LogP contribution in [0.1, 0.15) is 12.5 Å². The van der Waals surface area contributed by atoms with E-state index in [0.29, 0.717) is 6.07 Å². The standard InChI is InChI=1S/C14H17ClF3N3O3S.ClH/c1-9(19)13(22)20-4-6-21(7-5-20)25(23,24)12-8-10(14(16,17)18)2-3-11(12)15;/h2-3,8-9H,4-7,19H2,1H3;1H/t9-;/m1./s1. The van der Waals surface area contributed by atoms with Crippen LogP contribution in [0.5, 0.6) is 0 Å². The molecule has 0 unspecified atom stereocenters. The second kappa shape index (κ2) is 8.30. The predicted octanol–water partition coefficient (Wildman–Crippen LogP) is 1.96. The Morgan fingerprint density at radius 3 is 2.23 bits per heavy atom. The zero-order valence-electron chi connectivity index (χ0n) is 13.7. The molecule has 6 nitrogen and oxygen atoms in total. The first-order chi connectivity index (χ1) is 11.4. The Labute approximate surface area is 160 Å². The van der Waals surface area contributed by atoms with Gasteiger partial charge in [-0.05, 0) is 25.1 Å². The van der Waals surface area contributed by atoms with Gasteiger partial charge in [0.25, 0.3) is 0 Å². The first-order valence-electron chi connectivity index (χ1n) is 7.36. The molecule has 1 saturated heterocycles. The Morgan fingerprint density at radius 1 is 1.23 bits per heavy atom. The summed E-state index contributed by atoms with van der Waals surface area (Å²) >= 11 is 5.82. The summed E-state index contributed by atoms with van der Waals surface area (Å²) in [6.07, 6.45) is -4.68. The molecule has 0 aromatic heterocycles. The third-order valence-electron chi connectivity index (χ3n) is 3.82. The molecule has 1 aromatic carbocycles. The van der Waals surface area contributed by atoms with Crippen LogP contribution in [0, 0.1) is 0 Å². The number of nitrogens with zero attached hydrogens (tertiary/aromatic N) is 2. The first kappa shape index (κ1) is 23.0. The third-order valence-corrected chi connectivity index (χ3v) is 6.20. The molecule has 0 aliphatic carbocycles. The maximum absolute atomic E-state index is 12.8. The molecule has 0 spiro atoms. The zero-order chi connectivity index (χ0) is 19.0. The summed E-state index contributed by atoms with van der Waals surface area (Å²) in [6, 6.07) is 1.45. The molecule has 1 atom stereocenters. The molecular weight excluding hydrogens is 418 g/mol. The Balaban J connectivity index is 0.00000338. The normalized spacial score (nSPS) is 17.5. The van der Waals surface area contributed by atoms with Gasteiger partial charge in [-0.2, -0.15) is 17.5 Å². The van der Waals surface area contributed by atoms with E-state index in [1.165, 1.54) is 11.8 Å². The smallest absolute Gasteiger partial charge is 0.339 e. The molecule has 0 saturated carbocycles. The number of amides is 1. The molecule has 2 rings (SSSR count). The average Bonchev–Trinajstić information content (AvgIpc) is 2.53. The van der Waals surface area contributed by atoms with Crippen molar-refractivity contribution in [3.8, 4) is 0 Å². The van der Waals surface area contributed by atoms with Gasteiger partial charge in [-0.1, -0.05) is 11.6 Å². The van der Waals surface area contributed by atoms with Crippen LogP contribution in [0.25, 0.3) is 0 Å². The monoisotopic (exact) mass is 435 g/mol. The van der Waals surface area contributed by atoms with Crippen LogP contribution in [0.15, 0.2) is 23.1 Å². The number of carbonyl (C=O) groups excluding carboxylic acids is 1. The van der Waals surface area contributed by atoms with Crippen molar-refractivity contribution in [2.75, 3.05) is 26.2 Å². The van der Waals surface area contributed by atoms with E-state index >= 15 is 0 Å². The zero-order valence-corrected chi connectivity index (χ0v) is 16.1. The fraction of sp³-hybridized carbons (Fsp3) is 0.500. The van der Waals surface area contributed by atoms with Gasteiger partial charge >= 0.3 is 6.18 Å². The number of alkyl halides is 3. The van der Waals surface area contributed by atoms with Crippen molar-refractivity contribution in [3.05, 3.63) is 28.8 Å². The van der Waals surface area contributed by atoms with Gasteiger partial charge in [0.2, 0.25) is 15.9 Å². The van der Waals surface area contributed by atoms with Crippen LogP contribution >= 0.6 is 24.0 Å². The highest BCUT2D eigenvalue weighted by atomic mass is 35.5. The largest absolute Gasteiger partial charge is 0.416 e. The Bertz CT molecular complexity index is 764. The Hall–Kier alpha value is -1.07. The molecule has 1 heterocycles. The first-order valence-corrected chi connectivity index (χ1v) is 9.17. The van der Waals surface area contributed by atoms with Gasteiger partial charge in [-0.25, -0.2) is 8.42 Å². The summed E-state index contributed by atoms with van der Waals surface area (Å²) in [5, 5.41) is -0.290. The minimum absolute atomic E-state index is 0. The molecule has 1 aliphatic rings. The van der Waals surface area contributed by atoms with Crippen molar-refractivity contribution < 1.29 is 26.4 Å². The van der Waals surface area contributed by atoms with Crippen molar-refractivity contribution in [2.24, 2.45) is 5.73 Å². The molecule has 1 fully saturated rings. The molecule has 1 aliphatic heterocycles. The van der Waals surface area contributed by atoms with Gasteiger partial charge in [0.15, 0.2) is 0 Å². The minimum atomic E-state index is -4.68. The minimum Gasteiger partial charge on any atom is -0.339 e. The number of nitrogens with two attached hydrogens (primary N) is 1. The maximum atomic E-state index is 12.8. The van der Waals surface area contributed by atoms with E-state index in [-0.39, 0.29) is 49.5 Å². The van der Waals surface area contributed by atoms with Gasteiger partial charge in [0.05, 0.1) is 16.6 Å². The molecule has 148 valence electrons. The van der Waals surface area contributed by atoms with Gasteiger partial charge < -0.3 is 10.6 Å². The van der Waals surface area contributed by atoms with Crippen molar-refractivity contribution in [1.29, 1.82) is 0 Å². The lowest BCUT2D eigenvalue weighted by Crippen LogP contribution is -2.53. The van der Waals surface area contributed by atoms with E-state index in [9.17, 15) is 26.4 Å². The highest BCUT2D eigenvalue weighted by Gasteiger charge is 2.36. The Kier molecular flexibility index (Phi) is 7.33. The van der Waals surface area contributed by atoms with Gasteiger partial charge in [0, 0.05) is 26.2 Å². The molecule has 26 heavy (non-hydrogen) atoms. The molecule has 0 bridgehead atoms. The SMILES string of the molecule is C[C@@H](N)C(=O)N1CCN(S(=O)(=O)c2cc(C(F)(F)F)ccc2Cl)CC1.Cl. The lowest BCUT2D eigenvalue weighted by atomic mass is 10.2.